The van der Waals surface area contributed by atoms with Crippen molar-refractivity contribution in [3.63, 3.8) is 0 Å². The van der Waals surface area contributed by atoms with Gasteiger partial charge in [-0.15, -0.1) is 0 Å². The van der Waals surface area contributed by atoms with E-state index in [4.69, 9.17) is 0 Å². The van der Waals surface area contributed by atoms with E-state index in [2.05, 4.69) is 5.32 Å². The Morgan fingerprint density at radius 3 is 2.53 bits per heavy atom. The number of hydrogen-bond acceptors (Lipinski definition) is 3. The van der Waals surface area contributed by atoms with E-state index in [-0.39, 0.29) is 11.3 Å². The Morgan fingerprint density at radius 2 is 2.13 bits per heavy atom. The number of rotatable bonds is 5. The quantitative estimate of drug-likeness (QED) is 0.765. The van der Waals surface area contributed by atoms with E-state index in [0.717, 1.165) is 25.9 Å². The van der Waals surface area contributed by atoms with Crippen LogP contribution in [0.5, 0.6) is 0 Å². The minimum atomic E-state index is -3.09. The fraction of sp³-hybridized carbons (Fsp3) is 1.00. The van der Waals surface area contributed by atoms with Gasteiger partial charge in [-0.1, -0.05) is 6.92 Å². The van der Waals surface area contributed by atoms with Gasteiger partial charge in [0.1, 0.15) is 0 Å². The fourth-order valence-electron chi connectivity index (χ4n) is 1.89. The van der Waals surface area contributed by atoms with Crippen LogP contribution < -0.4 is 5.32 Å². The minimum Gasteiger partial charge on any atom is -0.315 e. The molecule has 4 nitrogen and oxygen atoms in total. The van der Waals surface area contributed by atoms with Crippen molar-refractivity contribution < 1.29 is 8.42 Å². The highest BCUT2D eigenvalue weighted by atomic mass is 32.2. The molecule has 0 radical (unpaired) electrons. The molecule has 1 rings (SSSR count). The molecule has 1 saturated heterocycles. The minimum absolute atomic E-state index is 0.164. The summed E-state index contributed by atoms with van der Waals surface area (Å²) in [6.45, 7) is 7.89. The Bertz CT molecular complexity index is 282. The monoisotopic (exact) mass is 234 g/mol. The molecule has 0 saturated carbocycles. The summed E-state index contributed by atoms with van der Waals surface area (Å²) in [6, 6.07) is 0.164. The Labute approximate surface area is 93.1 Å². The van der Waals surface area contributed by atoms with Crippen LogP contribution in [0.1, 0.15) is 33.6 Å². The van der Waals surface area contributed by atoms with E-state index in [1.165, 1.54) is 0 Å². The summed E-state index contributed by atoms with van der Waals surface area (Å²) in [4.78, 5) is 0. The van der Waals surface area contributed by atoms with E-state index in [1.54, 1.807) is 18.2 Å². The molecule has 1 heterocycles. The molecule has 0 aromatic heterocycles. The Morgan fingerprint density at radius 1 is 1.47 bits per heavy atom. The van der Waals surface area contributed by atoms with Crippen molar-refractivity contribution in [1.29, 1.82) is 0 Å². The maximum atomic E-state index is 12.1. The predicted octanol–water partition coefficient (Wildman–Crippen LogP) is 0.798. The van der Waals surface area contributed by atoms with Crippen LogP contribution in [0.3, 0.4) is 0 Å². The maximum absolute atomic E-state index is 12.1. The molecule has 1 atom stereocenters. The zero-order chi connectivity index (χ0) is 11.5. The fourth-order valence-corrected chi connectivity index (χ4v) is 3.47. The Hall–Kier alpha value is -0.130. The zero-order valence-corrected chi connectivity index (χ0v) is 10.7. The van der Waals surface area contributed by atoms with Gasteiger partial charge >= 0.3 is 0 Å². The summed E-state index contributed by atoms with van der Waals surface area (Å²) in [5.74, 6) is 0. The summed E-state index contributed by atoms with van der Waals surface area (Å²) in [7, 11) is -3.09. The molecule has 90 valence electrons. The summed E-state index contributed by atoms with van der Waals surface area (Å²) in [5, 5.41) is 2.90. The number of hydrogen-bond donors (Lipinski definition) is 1. The highest BCUT2D eigenvalue weighted by Crippen LogP contribution is 2.17. The Kier molecular flexibility index (Phi) is 4.55. The second-order valence-corrected chi connectivity index (χ2v) is 6.79. The number of nitrogens with one attached hydrogen (secondary N) is 1. The molecule has 1 fully saturated rings. The van der Waals surface area contributed by atoms with Crippen molar-refractivity contribution >= 4 is 10.0 Å². The average molecular weight is 234 g/mol. The van der Waals surface area contributed by atoms with Crippen molar-refractivity contribution in [1.82, 2.24) is 9.62 Å². The van der Waals surface area contributed by atoms with Crippen LogP contribution in [0.2, 0.25) is 0 Å². The lowest BCUT2D eigenvalue weighted by Crippen LogP contribution is -2.45. The molecule has 0 aromatic rings. The molecule has 0 spiro atoms. The van der Waals surface area contributed by atoms with Crippen LogP contribution in [-0.2, 0) is 10.0 Å². The van der Waals surface area contributed by atoms with Crippen molar-refractivity contribution in [2.45, 2.75) is 44.9 Å². The van der Waals surface area contributed by atoms with Crippen LogP contribution in [0, 0.1) is 0 Å². The lowest BCUT2D eigenvalue weighted by Gasteiger charge is -2.28. The van der Waals surface area contributed by atoms with Gasteiger partial charge in [0.25, 0.3) is 0 Å². The van der Waals surface area contributed by atoms with E-state index < -0.39 is 10.0 Å². The van der Waals surface area contributed by atoms with E-state index >= 15 is 0 Å². The van der Waals surface area contributed by atoms with Crippen LogP contribution in [0.4, 0.5) is 0 Å². The summed E-state index contributed by atoms with van der Waals surface area (Å²) < 4.78 is 25.9. The molecule has 0 aromatic carbocycles. The lowest BCUT2D eigenvalue weighted by atomic mass is 10.2. The Balaban J connectivity index is 2.81. The van der Waals surface area contributed by atoms with Gasteiger partial charge in [0.2, 0.25) is 10.0 Å². The van der Waals surface area contributed by atoms with Gasteiger partial charge in [0.05, 0.1) is 5.25 Å². The first kappa shape index (κ1) is 12.9. The molecular formula is C10H22N2O2S. The third-order valence-electron chi connectivity index (χ3n) is 2.81. The van der Waals surface area contributed by atoms with Crippen LogP contribution in [-0.4, -0.2) is 43.6 Å². The molecule has 1 unspecified atom stereocenters. The largest absolute Gasteiger partial charge is 0.315 e. The van der Waals surface area contributed by atoms with Crippen molar-refractivity contribution in [3.05, 3.63) is 0 Å². The average Bonchev–Trinajstić information content (AvgIpc) is 2.66. The smallest absolute Gasteiger partial charge is 0.216 e. The van der Waals surface area contributed by atoms with Crippen molar-refractivity contribution in [2.24, 2.45) is 0 Å². The van der Waals surface area contributed by atoms with Gasteiger partial charge < -0.3 is 5.32 Å². The topological polar surface area (TPSA) is 49.4 Å². The highest BCUT2D eigenvalue weighted by molar-refractivity contribution is 7.89. The van der Waals surface area contributed by atoms with Crippen LogP contribution in [0.25, 0.3) is 0 Å². The molecule has 0 aliphatic carbocycles. The first-order valence-electron chi connectivity index (χ1n) is 5.71. The standard InChI is InChI=1S/C10H22N2O2S/c1-4-7-12(10-5-6-11-8-10)15(13,14)9(2)3/h9-11H,4-8H2,1-3H3. The third-order valence-corrected chi connectivity index (χ3v) is 5.13. The lowest BCUT2D eigenvalue weighted by molar-refractivity contribution is 0.332. The SMILES string of the molecule is CCCN(C1CCNC1)S(=O)(=O)C(C)C. The normalized spacial score (nSPS) is 22.9. The van der Waals surface area contributed by atoms with Crippen molar-refractivity contribution in [2.75, 3.05) is 19.6 Å². The van der Waals surface area contributed by atoms with Gasteiger partial charge in [0, 0.05) is 19.1 Å². The van der Waals surface area contributed by atoms with Crippen molar-refractivity contribution in [3.8, 4) is 0 Å². The van der Waals surface area contributed by atoms with Gasteiger partial charge in [-0.2, -0.15) is 4.31 Å². The molecule has 1 aliphatic heterocycles. The molecule has 5 heteroatoms. The van der Waals surface area contributed by atoms with Crippen LogP contribution >= 0.6 is 0 Å². The second-order valence-electron chi connectivity index (χ2n) is 4.35. The third kappa shape index (κ3) is 2.92. The molecule has 0 amide bonds. The van der Waals surface area contributed by atoms with Gasteiger partial charge in [-0.25, -0.2) is 8.42 Å². The molecule has 1 aliphatic rings. The molecular weight excluding hydrogens is 212 g/mol. The first-order chi connectivity index (χ1) is 7.00. The van der Waals surface area contributed by atoms with Gasteiger partial charge in [0.15, 0.2) is 0 Å². The summed E-state index contributed by atoms with van der Waals surface area (Å²) >= 11 is 0. The second kappa shape index (κ2) is 5.27. The molecule has 15 heavy (non-hydrogen) atoms. The molecule has 1 N–H and O–H groups in total. The zero-order valence-electron chi connectivity index (χ0n) is 9.86. The van der Waals surface area contributed by atoms with E-state index in [9.17, 15) is 8.42 Å². The van der Waals surface area contributed by atoms with Crippen LogP contribution in [0.15, 0.2) is 0 Å². The predicted molar refractivity (Wildman–Crippen MR) is 62.3 cm³/mol. The molecule has 0 bridgehead atoms. The first-order valence-corrected chi connectivity index (χ1v) is 7.21. The van der Waals surface area contributed by atoms with E-state index in [0.29, 0.717) is 6.54 Å². The maximum Gasteiger partial charge on any atom is 0.216 e. The summed E-state index contributed by atoms with van der Waals surface area (Å²) in [6.07, 6.45) is 1.81. The summed E-state index contributed by atoms with van der Waals surface area (Å²) in [5.41, 5.74) is 0. The number of sulfonamides is 1. The van der Waals surface area contributed by atoms with Gasteiger partial charge in [-0.3, -0.25) is 0 Å². The highest BCUT2D eigenvalue weighted by Gasteiger charge is 2.32. The van der Waals surface area contributed by atoms with Gasteiger partial charge in [-0.05, 0) is 33.2 Å². The number of nitrogens with zero attached hydrogens (tertiary/aromatic N) is 1. The van der Waals surface area contributed by atoms with E-state index in [1.807, 2.05) is 6.92 Å².